The average molecular weight is 293 g/mol. The number of nitrogens with one attached hydrogen (secondary N) is 1. The van der Waals surface area contributed by atoms with E-state index in [9.17, 15) is 13.2 Å². The molecule has 0 atom stereocenters. The van der Waals surface area contributed by atoms with Gasteiger partial charge >= 0.3 is 0 Å². The van der Waals surface area contributed by atoms with Crippen LogP contribution in [0.3, 0.4) is 0 Å². The van der Waals surface area contributed by atoms with Gasteiger partial charge in [0, 0.05) is 13.1 Å². The molecule has 0 saturated carbocycles. The van der Waals surface area contributed by atoms with Crippen molar-refractivity contribution < 1.29 is 13.2 Å². The summed E-state index contributed by atoms with van der Waals surface area (Å²) in [5.41, 5.74) is -0.745. The first kappa shape index (κ1) is 14.5. The number of carbonyl (C=O) groups is 1. The van der Waals surface area contributed by atoms with E-state index in [2.05, 4.69) is 5.32 Å². The summed E-state index contributed by atoms with van der Waals surface area (Å²) in [5, 5.41) is 11.4. The van der Waals surface area contributed by atoms with E-state index in [1.54, 1.807) is 13.8 Å². The van der Waals surface area contributed by atoms with Crippen molar-refractivity contribution in [2.24, 2.45) is 0 Å². The van der Waals surface area contributed by atoms with Crippen LogP contribution in [0.2, 0.25) is 0 Å². The molecule has 6 nitrogen and oxygen atoms in total. The fourth-order valence-electron chi connectivity index (χ4n) is 2.13. The van der Waals surface area contributed by atoms with Crippen LogP contribution in [-0.4, -0.2) is 37.3 Å². The molecule has 1 fully saturated rings. The van der Waals surface area contributed by atoms with Crippen LogP contribution in [0.25, 0.3) is 0 Å². The van der Waals surface area contributed by atoms with Crippen LogP contribution < -0.4 is 5.32 Å². The zero-order chi connectivity index (χ0) is 15.0. The maximum atomic E-state index is 12.6. The number of nitriles is 1. The molecule has 1 saturated heterocycles. The Labute approximate surface area is 118 Å². The maximum absolute atomic E-state index is 12.6. The predicted molar refractivity (Wildman–Crippen MR) is 72.1 cm³/mol. The van der Waals surface area contributed by atoms with Crippen molar-refractivity contribution >= 4 is 15.9 Å². The van der Waals surface area contributed by atoms with Gasteiger partial charge in [-0.15, -0.1) is 0 Å². The molecule has 1 amide bonds. The third kappa shape index (κ3) is 2.28. The molecule has 0 aromatic heterocycles. The van der Waals surface area contributed by atoms with Gasteiger partial charge in [-0.25, -0.2) is 8.42 Å². The zero-order valence-electron chi connectivity index (χ0n) is 11.3. The Morgan fingerprint density at radius 3 is 2.45 bits per heavy atom. The largest absolute Gasteiger partial charge is 0.353 e. The second kappa shape index (κ2) is 4.89. The molecule has 7 heteroatoms. The quantitative estimate of drug-likeness (QED) is 0.857. The standard InChI is InChI=1S/C13H15N3O3S/c1-13(2)12(17)15-7-8-16(13)20(18,19)11-5-3-10(9-14)4-6-11/h3-6H,7-8H2,1-2H3,(H,15,17). The third-order valence-electron chi connectivity index (χ3n) is 3.35. The molecule has 0 spiro atoms. The maximum Gasteiger partial charge on any atom is 0.244 e. The molecule has 1 aliphatic rings. The Morgan fingerprint density at radius 2 is 1.90 bits per heavy atom. The molecule has 1 aliphatic heterocycles. The van der Waals surface area contributed by atoms with Gasteiger partial charge in [0.15, 0.2) is 0 Å². The number of sulfonamides is 1. The number of carbonyl (C=O) groups excluding carboxylic acids is 1. The third-order valence-corrected chi connectivity index (χ3v) is 5.44. The summed E-state index contributed by atoms with van der Waals surface area (Å²) in [6.45, 7) is 3.66. The zero-order valence-corrected chi connectivity index (χ0v) is 12.1. The van der Waals surface area contributed by atoms with Gasteiger partial charge < -0.3 is 5.32 Å². The van der Waals surface area contributed by atoms with Crippen molar-refractivity contribution in [3.63, 3.8) is 0 Å². The normalized spacial score (nSPS) is 19.1. The molecule has 0 aliphatic carbocycles. The lowest BCUT2D eigenvalue weighted by Gasteiger charge is -2.39. The van der Waals surface area contributed by atoms with Gasteiger partial charge in [0.05, 0.1) is 16.5 Å². The summed E-state index contributed by atoms with van der Waals surface area (Å²) in [4.78, 5) is 11.9. The Balaban J connectivity index is 2.43. The Kier molecular flexibility index (Phi) is 3.54. The molecule has 1 N–H and O–H groups in total. The van der Waals surface area contributed by atoms with E-state index in [0.29, 0.717) is 5.56 Å². The van der Waals surface area contributed by atoms with E-state index in [1.807, 2.05) is 6.07 Å². The first-order chi connectivity index (χ1) is 9.30. The number of rotatable bonds is 2. The number of benzene rings is 1. The number of hydrogen-bond acceptors (Lipinski definition) is 4. The van der Waals surface area contributed by atoms with E-state index >= 15 is 0 Å². The topological polar surface area (TPSA) is 90.3 Å². The minimum absolute atomic E-state index is 0.0827. The number of nitrogens with zero attached hydrogens (tertiary/aromatic N) is 2. The summed E-state index contributed by atoms with van der Waals surface area (Å²) in [7, 11) is -3.76. The molecular formula is C13H15N3O3S. The molecule has 1 aromatic carbocycles. The molecule has 0 radical (unpaired) electrons. The van der Waals surface area contributed by atoms with Crippen molar-refractivity contribution in [3.05, 3.63) is 29.8 Å². The monoisotopic (exact) mass is 293 g/mol. The highest BCUT2D eigenvalue weighted by atomic mass is 32.2. The minimum Gasteiger partial charge on any atom is -0.353 e. The van der Waals surface area contributed by atoms with Gasteiger partial charge in [-0.3, -0.25) is 4.79 Å². The number of hydrogen-bond donors (Lipinski definition) is 1. The van der Waals surface area contributed by atoms with Crippen molar-refractivity contribution in [2.75, 3.05) is 13.1 Å². The molecule has 1 aromatic rings. The van der Waals surface area contributed by atoms with Crippen molar-refractivity contribution in [2.45, 2.75) is 24.3 Å². The summed E-state index contributed by atoms with van der Waals surface area (Å²) in [6, 6.07) is 7.60. The molecule has 106 valence electrons. The van der Waals surface area contributed by atoms with Gasteiger partial charge in [0.1, 0.15) is 5.54 Å². The van der Waals surface area contributed by atoms with Gasteiger partial charge in [-0.2, -0.15) is 9.57 Å². The molecule has 20 heavy (non-hydrogen) atoms. The van der Waals surface area contributed by atoms with Crippen molar-refractivity contribution in [1.29, 1.82) is 5.26 Å². The SMILES string of the molecule is CC1(C)C(=O)NCCN1S(=O)(=O)c1ccc(C#N)cc1. The highest BCUT2D eigenvalue weighted by molar-refractivity contribution is 7.89. The Hall–Kier alpha value is -1.91. The lowest BCUT2D eigenvalue weighted by atomic mass is 10.0. The van der Waals surface area contributed by atoms with Crippen LogP contribution in [0.1, 0.15) is 19.4 Å². The van der Waals surface area contributed by atoms with Gasteiger partial charge in [0.2, 0.25) is 15.9 Å². The second-order valence-corrected chi connectivity index (χ2v) is 6.89. The van der Waals surface area contributed by atoms with Crippen LogP contribution >= 0.6 is 0 Å². The average Bonchev–Trinajstić information content (AvgIpc) is 2.41. The lowest BCUT2D eigenvalue weighted by Crippen LogP contribution is -2.63. The van der Waals surface area contributed by atoms with Crippen molar-refractivity contribution in [1.82, 2.24) is 9.62 Å². The highest BCUT2D eigenvalue weighted by Gasteiger charge is 2.44. The first-order valence-electron chi connectivity index (χ1n) is 6.11. The van der Waals surface area contributed by atoms with Crippen LogP contribution in [0.5, 0.6) is 0 Å². The van der Waals surface area contributed by atoms with E-state index in [-0.39, 0.29) is 23.9 Å². The second-order valence-electron chi connectivity index (χ2n) is 5.03. The minimum atomic E-state index is -3.76. The van der Waals surface area contributed by atoms with E-state index in [0.717, 1.165) is 0 Å². The molecule has 0 bridgehead atoms. The van der Waals surface area contributed by atoms with Crippen LogP contribution in [0, 0.1) is 11.3 Å². The fourth-order valence-corrected chi connectivity index (χ4v) is 3.88. The summed E-state index contributed by atoms with van der Waals surface area (Å²) in [5.74, 6) is -0.319. The van der Waals surface area contributed by atoms with Crippen LogP contribution in [0.4, 0.5) is 0 Å². The molecule has 1 heterocycles. The highest BCUT2D eigenvalue weighted by Crippen LogP contribution is 2.26. The van der Waals surface area contributed by atoms with Gasteiger partial charge in [-0.1, -0.05) is 0 Å². The van der Waals surface area contributed by atoms with Crippen LogP contribution in [0.15, 0.2) is 29.2 Å². The summed E-state index contributed by atoms with van der Waals surface area (Å²) >= 11 is 0. The molecular weight excluding hydrogens is 278 g/mol. The summed E-state index contributed by atoms with van der Waals surface area (Å²) in [6.07, 6.45) is 0. The fraction of sp³-hybridized carbons (Fsp3) is 0.385. The summed E-state index contributed by atoms with van der Waals surface area (Å²) < 4.78 is 26.4. The lowest BCUT2D eigenvalue weighted by molar-refractivity contribution is -0.131. The Morgan fingerprint density at radius 1 is 1.30 bits per heavy atom. The van der Waals surface area contributed by atoms with E-state index < -0.39 is 15.6 Å². The van der Waals surface area contributed by atoms with Gasteiger partial charge in [-0.05, 0) is 38.1 Å². The predicted octanol–water partition coefficient (Wildman–Crippen LogP) is 0.457. The molecule has 0 unspecified atom stereocenters. The van der Waals surface area contributed by atoms with Gasteiger partial charge in [0.25, 0.3) is 0 Å². The molecule has 2 rings (SSSR count). The number of piperazine rings is 1. The smallest absolute Gasteiger partial charge is 0.244 e. The van der Waals surface area contributed by atoms with E-state index in [1.165, 1.54) is 28.6 Å². The first-order valence-corrected chi connectivity index (χ1v) is 7.55. The van der Waals surface area contributed by atoms with Crippen LogP contribution in [-0.2, 0) is 14.8 Å². The number of amides is 1. The Bertz CT molecular complexity index is 672. The van der Waals surface area contributed by atoms with E-state index in [4.69, 9.17) is 5.26 Å². The van der Waals surface area contributed by atoms with Crippen molar-refractivity contribution in [3.8, 4) is 6.07 Å².